The first kappa shape index (κ1) is 12.9. The van der Waals surface area contributed by atoms with E-state index in [2.05, 4.69) is 18.7 Å². The number of rotatable bonds is 3. The molecule has 2 rings (SSSR count). The highest BCUT2D eigenvalue weighted by Gasteiger charge is 2.38. The summed E-state index contributed by atoms with van der Waals surface area (Å²) < 4.78 is 0. The van der Waals surface area contributed by atoms with Gasteiger partial charge in [-0.15, -0.1) is 0 Å². The van der Waals surface area contributed by atoms with Crippen molar-refractivity contribution in [2.24, 2.45) is 5.73 Å². The Labute approximate surface area is 105 Å². The average Bonchev–Trinajstić information content (AvgIpc) is 2.84. The van der Waals surface area contributed by atoms with Crippen LogP contribution in [0.15, 0.2) is 0 Å². The number of carbonyl (C=O) groups excluding carboxylic acids is 1. The van der Waals surface area contributed by atoms with Crippen LogP contribution in [0, 0.1) is 0 Å². The second-order valence-electron chi connectivity index (χ2n) is 6.04. The molecule has 1 amide bonds. The van der Waals surface area contributed by atoms with Crippen LogP contribution in [-0.2, 0) is 4.79 Å². The Balaban J connectivity index is 1.98. The van der Waals surface area contributed by atoms with Gasteiger partial charge in [-0.2, -0.15) is 0 Å². The van der Waals surface area contributed by atoms with E-state index in [0.29, 0.717) is 24.4 Å². The van der Waals surface area contributed by atoms with Gasteiger partial charge in [0.2, 0.25) is 5.91 Å². The molecular weight excluding hydrogens is 212 g/mol. The van der Waals surface area contributed by atoms with Gasteiger partial charge in [0.25, 0.3) is 0 Å². The van der Waals surface area contributed by atoms with Crippen molar-refractivity contribution in [3.05, 3.63) is 0 Å². The van der Waals surface area contributed by atoms with E-state index in [0.717, 1.165) is 25.7 Å². The lowest BCUT2D eigenvalue weighted by atomic mass is 9.93. The molecule has 3 heteroatoms. The third-order valence-corrected chi connectivity index (χ3v) is 4.65. The summed E-state index contributed by atoms with van der Waals surface area (Å²) in [5, 5.41) is 0. The quantitative estimate of drug-likeness (QED) is 0.821. The summed E-state index contributed by atoms with van der Waals surface area (Å²) in [4.78, 5) is 14.6. The molecule has 1 saturated heterocycles. The highest BCUT2D eigenvalue weighted by Crippen LogP contribution is 2.33. The molecule has 2 N–H and O–H groups in total. The Morgan fingerprint density at radius 2 is 2.00 bits per heavy atom. The number of nitrogens with two attached hydrogens (primary N) is 1. The Bertz CT molecular complexity index is 284. The molecule has 3 nitrogen and oxygen atoms in total. The molecule has 1 aliphatic carbocycles. The maximum atomic E-state index is 12.4. The number of hydrogen-bond donors (Lipinski definition) is 1. The van der Waals surface area contributed by atoms with E-state index in [9.17, 15) is 4.79 Å². The highest BCUT2D eigenvalue weighted by molar-refractivity contribution is 5.78. The van der Waals surface area contributed by atoms with Crippen LogP contribution in [0.3, 0.4) is 0 Å². The maximum absolute atomic E-state index is 12.4. The smallest absolute Gasteiger partial charge is 0.224 e. The monoisotopic (exact) mass is 238 g/mol. The summed E-state index contributed by atoms with van der Waals surface area (Å²) >= 11 is 0. The summed E-state index contributed by atoms with van der Waals surface area (Å²) in [6.07, 6.45) is 8.40. The van der Waals surface area contributed by atoms with Crippen LogP contribution in [0.2, 0.25) is 0 Å². The number of amides is 1. The zero-order chi connectivity index (χ0) is 12.5. The third-order valence-electron chi connectivity index (χ3n) is 4.65. The van der Waals surface area contributed by atoms with Gasteiger partial charge < -0.3 is 10.6 Å². The molecule has 0 spiro atoms. The predicted octanol–water partition coefficient (Wildman–Crippen LogP) is 2.44. The largest absolute Gasteiger partial charge is 0.337 e. The first-order valence-electron chi connectivity index (χ1n) is 7.16. The molecular formula is C14H26N2O. The van der Waals surface area contributed by atoms with Crippen molar-refractivity contribution >= 4 is 5.91 Å². The Morgan fingerprint density at radius 1 is 1.35 bits per heavy atom. The molecule has 0 aromatic heterocycles. The van der Waals surface area contributed by atoms with Gasteiger partial charge in [0.1, 0.15) is 0 Å². The number of likely N-dealkylation sites (tertiary alicyclic amines) is 1. The average molecular weight is 238 g/mol. The van der Waals surface area contributed by atoms with Gasteiger partial charge in [-0.05, 0) is 39.0 Å². The Morgan fingerprint density at radius 3 is 2.59 bits per heavy atom. The fourth-order valence-electron chi connectivity index (χ4n) is 3.57. The lowest BCUT2D eigenvalue weighted by Gasteiger charge is -2.32. The van der Waals surface area contributed by atoms with Crippen molar-refractivity contribution in [2.75, 3.05) is 0 Å². The van der Waals surface area contributed by atoms with Crippen molar-refractivity contribution in [3.8, 4) is 0 Å². The van der Waals surface area contributed by atoms with Crippen LogP contribution in [-0.4, -0.2) is 28.4 Å². The first-order chi connectivity index (χ1) is 8.06. The molecule has 2 unspecified atom stereocenters. The second-order valence-corrected chi connectivity index (χ2v) is 6.04. The fraction of sp³-hybridized carbons (Fsp3) is 0.929. The van der Waals surface area contributed by atoms with Crippen LogP contribution < -0.4 is 5.73 Å². The minimum atomic E-state index is -0.197. The van der Waals surface area contributed by atoms with Crippen molar-refractivity contribution < 1.29 is 4.79 Å². The first-order valence-corrected chi connectivity index (χ1v) is 7.16. The summed E-state index contributed by atoms with van der Waals surface area (Å²) in [6.45, 7) is 4.35. The van der Waals surface area contributed by atoms with Crippen molar-refractivity contribution in [2.45, 2.75) is 82.8 Å². The molecule has 0 bridgehead atoms. The predicted molar refractivity (Wildman–Crippen MR) is 69.6 cm³/mol. The molecule has 1 saturated carbocycles. The fourth-order valence-corrected chi connectivity index (χ4v) is 3.57. The SMILES string of the molecule is CCC1CCC(C)N1C(=O)CC1(N)CCCC1. The summed E-state index contributed by atoms with van der Waals surface area (Å²) in [6, 6.07) is 0.875. The van der Waals surface area contributed by atoms with Crippen LogP contribution in [0.25, 0.3) is 0 Å². The lowest BCUT2D eigenvalue weighted by Crippen LogP contribution is -2.47. The number of nitrogens with zero attached hydrogens (tertiary/aromatic N) is 1. The van der Waals surface area contributed by atoms with Crippen LogP contribution in [0.4, 0.5) is 0 Å². The topological polar surface area (TPSA) is 46.3 Å². The van der Waals surface area contributed by atoms with Gasteiger partial charge in [0, 0.05) is 24.0 Å². The van der Waals surface area contributed by atoms with Crippen LogP contribution >= 0.6 is 0 Å². The van der Waals surface area contributed by atoms with Crippen molar-refractivity contribution in [1.29, 1.82) is 0 Å². The van der Waals surface area contributed by atoms with E-state index in [-0.39, 0.29) is 5.54 Å². The van der Waals surface area contributed by atoms with E-state index >= 15 is 0 Å². The van der Waals surface area contributed by atoms with Crippen LogP contribution in [0.1, 0.15) is 65.2 Å². The molecule has 2 aliphatic rings. The van der Waals surface area contributed by atoms with Gasteiger partial charge in [-0.3, -0.25) is 4.79 Å². The maximum Gasteiger partial charge on any atom is 0.224 e. The zero-order valence-electron chi connectivity index (χ0n) is 11.2. The summed E-state index contributed by atoms with van der Waals surface area (Å²) in [5.41, 5.74) is 6.12. The van der Waals surface area contributed by atoms with Gasteiger partial charge >= 0.3 is 0 Å². The third kappa shape index (κ3) is 2.65. The minimum Gasteiger partial charge on any atom is -0.337 e. The molecule has 98 valence electrons. The van der Waals surface area contributed by atoms with E-state index in [1.807, 2.05) is 0 Å². The summed E-state index contributed by atoms with van der Waals surface area (Å²) in [7, 11) is 0. The Hall–Kier alpha value is -0.570. The summed E-state index contributed by atoms with van der Waals surface area (Å²) in [5.74, 6) is 0.297. The molecule has 1 heterocycles. The van der Waals surface area contributed by atoms with E-state index in [1.54, 1.807) is 0 Å². The van der Waals surface area contributed by atoms with Gasteiger partial charge in [0.15, 0.2) is 0 Å². The van der Waals surface area contributed by atoms with E-state index in [1.165, 1.54) is 19.3 Å². The normalized spacial score (nSPS) is 32.1. The van der Waals surface area contributed by atoms with Gasteiger partial charge in [-0.1, -0.05) is 19.8 Å². The number of hydrogen-bond acceptors (Lipinski definition) is 2. The highest BCUT2D eigenvalue weighted by atomic mass is 16.2. The molecule has 0 aromatic carbocycles. The molecule has 0 aromatic rings. The molecule has 2 atom stereocenters. The molecule has 1 aliphatic heterocycles. The second kappa shape index (κ2) is 4.97. The minimum absolute atomic E-state index is 0.197. The van der Waals surface area contributed by atoms with Crippen molar-refractivity contribution in [1.82, 2.24) is 4.90 Å². The van der Waals surface area contributed by atoms with E-state index < -0.39 is 0 Å². The standard InChI is InChI=1S/C14H26N2O/c1-3-12-7-6-11(2)16(12)13(17)10-14(15)8-4-5-9-14/h11-12H,3-10,15H2,1-2H3. The zero-order valence-corrected chi connectivity index (χ0v) is 11.2. The van der Waals surface area contributed by atoms with Gasteiger partial charge in [-0.25, -0.2) is 0 Å². The molecule has 2 fully saturated rings. The van der Waals surface area contributed by atoms with Crippen LogP contribution in [0.5, 0.6) is 0 Å². The Kier molecular flexibility index (Phi) is 3.76. The van der Waals surface area contributed by atoms with Gasteiger partial charge in [0.05, 0.1) is 0 Å². The van der Waals surface area contributed by atoms with E-state index in [4.69, 9.17) is 5.73 Å². The number of carbonyl (C=O) groups is 1. The molecule has 0 radical (unpaired) electrons. The van der Waals surface area contributed by atoms with Crippen molar-refractivity contribution in [3.63, 3.8) is 0 Å². The molecule has 17 heavy (non-hydrogen) atoms. The lowest BCUT2D eigenvalue weighted by molar-refractivity contribution is -0.135.